The lowest BCUT2D eigenvalue weighted by molar-refractivity contribution is 0.413. The van der Waals surface area contributed by atoms with Gasteiger partial charge in [0.15, 0.2) is 5.17 Å². The van der Waals surface area contributed by atoms with E-state index in [2.05, 4.69) is 55.6 Å². The zero-order valence-corrected chi connectivity index (χ0v) is 18.4. The van der Waals surface area contributed by atoms with E-state index < -0.39 is 0 Å². The van der Waals surface area contributed by atoms with Crippen LogP contribution in [0.25, 0.3) is 0 Å². The topological polar surface area (TPSA) is 37.2 Å². The zero-order chi connectivity index (χ0) is 20.2. The number of ether oxygens (including phenoxy) is 1. The Morgan fingerprint density at radius 1 is 1.07 bits per heavy atom. The van der Waals surface area contributed by atoms with Crippen molar-refractivity contribution in [2.45, 2.75) is 19.9 Å². The SMILES string of the molecule is CCc1cc2c(s1)N=C(SC)N(Cc1ccc(OC)cc1)N=C2c1ccccc1. The molecule has 0 amide bonds. The number of rotatable bonds is 5. The van der Waals surface area contributed by atoms with Crippen molar-refractivity contribution in [2.75, 3.05) is 13.4 Å². The van der Waals surface area contributed by atoms with Gasteiger partial charge in [0.25, 0.3) is 0 Å². The van der Waals surface area contributed by atoms with Crippen molar-refractivity contribution < 1.29 is 4.74 Å². The van der Waals surface area contributed by atoms with Gasteiger partial charge in [-0.1, -0.05) is 61.2 Å². The van der Waals surface area contributed by atoms with Crippen LogP contribution in [0.4, 0.5) is 5.00 Å². The summed E-state index contributed by atoms with van der Waals surface area (Å²) in [5, 5.41) is 9.04. The zero-order valence-electron chi connectivity index (χ0n) is 16.8. The summed E-state index contributed by atoms with van der Waals surface area (Å²) in [6.07, 6.45) is 3.05. The van der Waals surface area contributed by atoms with Gasteiger partial charge in [-0.05, 0) is 36.4 Å². The van der Waals surface area contributed by atoms with E-state index in [0.29, 0.717) is 6.54 Å². The van der Waals surface area contributed by atoms with Gasteiger partial charge in [-0.25, -0.2) is 10.0 Å². The second-order valence-corrected chi connectivity index (χ2v) is 8.49. The Kier molecular flexibility index (Phi) is 6.02. The summed E-state index contributed by atoms with van der Waals surface area (Å²) in [4.78, 5) is 6.32. The fraction of sp³-hybridized carbons (Fsp3) is 0.217. The van der Waals surface area contributed by atoms with Crippen LogP contribution in [-0.4, -0.2) is 29.3 Å². The number of hydrazone groups is 1. The largest absolute Gasteiger partial charge is 0.497 e. The molecule has 148 valence electrons. The van der Waals surface area contributed by atoms with Crippen molar-refractivity contribution in [2.24, 2.45) is 10.1 Å². The molecule has 0 saturated carbocycles. The number of thioether (sulfide) groups is 1. The highest BCUT2D eigenvalue weighted by atomic mass is 32.2. The van der Waals surface area contributed by atoms with E-state index in [0.717, 1.165) is 44.7 Å². The minimum absolute atomic E-state index is 0.648. The molecule has 0 atom stereocenters. The van der Waals surface area contributed by atoms with Gasteiger partial charge >= 0.3 is 0 Å². The number of fused-ring (bicyclic) bond motifs is 1. The van der Waals surface area contributed by atoms with Crippen molar-refractivity contribution in [1.29, 1.82) is 0 Å². The van der Waals surface area contributed by atoms with Gasteiger partial charge < -0.3 is 4.74 Å². The quantitative estimate of drug-likeness (QED) is 0.512. The Labute approximate surface area is 179 Å². The van der Waals surface area contributed by atoms with Crippen molar-refractivity contribution in [3.63, 3.8) is 0 Å². The van der Waals surface area contributed by atoms with E-state index in [9.17, 15) is 0 Å². The number of aryl methyl sites for hydroxylation is 1. The van der Waals surface area contributed by atoms with E-state index in [1.807, 2.05) is 23.2 Å². The molecule has 0 bridgehead atoms. The summed E-state index contributed by atoms with van der Waals surface area (Å²) in [5.74, 6) is 0.853. The molecule has 0 N–H and O–H groups in total. The van der Waals surface area contributed by atoms with Crippen LogP contribution in [0.15, 0.2) is 70.8 Å². The number of hydrogen-bond donors (Lipinski definition) is 0. The third-order valence-corrected chi connectivity index (χ3v) is 6.57. The molecule has 0 radical (unpaired) electrons. The molecule has 4 rings (SSSR count). The van der Waals surface area contributed by atoms with Gasteiger partial charge in [-0.3, -0.25) is 0 Å². The Morgan fingerprint density at radius 2 is 1.83 bits per heavy atom. The average molecular weight is 422 g/mol. The number of amidine groups is 1. The van der Waals surface area contributed by atoms with Crippen LogP contribution >= 0.6 is 23.1 Å². The highest BCUT2D eigenvalue weighted by Crippen LogP contribution is 2.36. The van der Waals surface area contributed by atoms with E-state index in [1.54, 1.807) is 30.2 Å². The average Bonchev–Trinajstić information content (AvgIpc) is 3.12. The molecule has 0 aliphatic carbocycles. The molecule has 2 aromatic carbocycles. The minimum atomic E-state index is 0.648. The summed E-state index contributed by atoms with van der Waals surface area (Å²) >= 11 is 3.38. The molecule has 6 heteroatoms. The first kappa shape index (κ1) is 19.7. The number of aliphatic imine (C=N–C) groups is 1. The third kappa shape index (κ3) is 4.23. The maximum atomic E-state index is 5.28. The molecule has 1 aliphatic rings. The highest BCUT2D eigenvalue weighted by molar-refractivity contribution is 8.13. The normalized spacial score (nSPS) is 13.4. The van der Waals surface area contributed by atoms with Crippen LogP contribution in [0.3, 0.4) is 0 Å². The van der Waals surface area contributed by atoms with Gasteiger partial charge in [-0.2, -0.15) is 5.10 Å². The number of thiophene rings is 1. The molecule has 4 nitrogen and oxygen atoms in total. The number of nitrogens with zero attached hydrogens (tertiary/aromatic N) is 3. The van der Waals surface area contributed by atoms with Gasteiger partial charge in [0.2, 0.25) is 0 Å². The Bertz CT molecular complexity index is 1040. The first-order valence-corrected chi connectivity index (χ1v) is 11.6. The van der Waals surface area contributed by atoms with Crippen molar-refractivity contribution >= 4 is 39.0 Å². The first-order valence-electron chi connectivity index (χ1n) is 9.52. The molecular weight excluding hydrogens is 398 g/mol. The summed E-state index contributed by atoms with van der Waals surface area (Å²) < 4.78 is 5.28. The van der Waals surface area contributed by atoms with Gasteiger partial charge in [0.05, 0.1) is 13.7 Å². The van der Waals surface area contributed by atoms with Crippen LogP contribution in [0.1, 0.15) is 28.5 Å². The molecule has 0 spiro atoms. The lowest BCUT2D eigenvalue weighted by Crippen LogP contribution is -2.23. The third-order valence-electron chi connectivity index (χ3n) is 4.73. The number of hydrogen-bond acceptors (Lipinski definition) is 6. The first-order chi connectivity index (χ1) is 14.2. The molecule has 3 aromatic rings. The van der Waals surface area contributed by atoms with Crippen LogP contribution in [-0.2, 0) is 13.0 Å². The molecule has 0 unspecified atom stereocenters. The summed E-state index contributed by atoms with van der Waals surface area (Å²) in [6, 6.07) is 20.7. The fourth-order valence-electron chi connectivity index (χ4n) is 3.19. The maximum absolute atomic E-state index is 5.28. The Morgan fingerprint density at radius 3 is 2.48 bits per heavy atom. The summed E-state index contributed by atoms with van der Waals surface area (Å²) in [7, 11) is 1.68. The maximum Gasteiger partial charge on any atom is 0.185 e. The van der Waals surface area contributed by atoms with Gasteiger partial charge in [0.1, 0.15) is 16.5 Å². The lowest BCUT2D eigenvalue weighted by atomic mass is 10.0. The Hall–Kier alpha value is -2.57. The van der Waals surface area contributed by atoms with Crippen LogP contribution in [0, 0.1) is 0 Å². The monoisotopic (exact) mass is 421 g/mol. The molecule has 1 aromatic heterocycles. The van der Waals surface area contributed by atoms with Crippen LogP contribution in [0.5, 0.6) is 5.75 Å². The summed E-state index contributed by atoms with van der Waals surface area (Å²) in [5.41, 5.74) is 4.34. The highest BCUT2D eigenvalue weighted by Gasteiger charge is 2.23. The van der Waals surface area contributed by atoms with E-state index >= 15 is 0 Å². The minimum Gasteiger partial charge on any atom is -0.497 e. The van der Waals surface area contributed by atoms with Crippen molar-refractivity contribution in [3.05, 3.63) is 82.2 Å². The Balaban J connectivity index is 1.79. The van der Waals surface area contributed by atoms with Gasteiger partial charge in [-0.15, -0.1) is 11.3 Å². The van der Waals surface area contributed by atoms with E-state index in [1.165, 1.54) is 4.88 Å². The second-order valence-electron chi connectivity index (χ2n) is 6.60. The molecule has 2 heterocycles. The standard InChI is InChI=1S/C23H23N3OS2/c1-4-19-14-20-21(17-8-6-5-7-9-17)25-26(23(28-3)24-22(20)29-19)15-16-10-12-18(27-2)13-11-16/h5-14H,4,15H2,1-3H3. The van der Waals surface area contributed by atoms with Crippen molar-refractivity contribution in [3.8, 4) is 5.75 Å². The smallest absolute Gasteiger partial charge is 0.185 e. The number of methoxy groups -OCH3 is 1. The predicted octanol–water partition coefficient (Wildman–Crippen LogP) is 5.94. The molecule has 29 heavy (non-hydrogen) atoms. The van der Waals surface area contributed by atoms with Crippen LogP contribution in [0.2, 0.25) is 0 Å². The van der Waals surface area contributed by atoms with E-state index in [4.69, 9.17) is 14.8 Å². The molecule has 0 fully saturated rings. The fourth-order valence-corrected chi connectivity index (χ4v) is 4.71. The molecular formula is C23H23N3OS2. The van der Waals surface area contributed by atoms with E-state index in [-0.39, 0.29) is 0 Å². The second kappa shape index (κ2) is 8.84. The van der Waals surface area contributed by atoms with Gasteiger partial charge in [0, 0.05) is 16.0 Å². The predicted molar refractivity (Wildman–Crippen MR) is 125 cm³/mol. The summed E-state index contributed by atoms with van der Waals surface area (Å²) in [6.45, 7) is 2.83. The molecule has 0 saturated heterocycles. The molecule has 1 aliphatic heterocycles. The number of benzene rings is 2. The lowest BCUT2D eigenvalue weighted by Gasteiger charge is -2.20. The van der Waals surface area contributed by atoms with Crippen LogP contribution < -0.4 is 4.74 Å². The van der Waals surface area contributed by atoms with Crippen molar-refractivity contribution in [1.82, 2.24) is 5.01 Å².